The molecule has 41 heavy (non-hydrogen) atoms. The molecule has 2 aromatic heterocycles. The number of halogens is 2. The van der Waals surface area contributed by atoms with Crippen LogP contribution in [0.3, 0.4) is 0 Å². The first-order valence-corrected chi connectivity index (χ1v) is 15.0. The van der Waals surface area contributed by atoms with E-state index < -0.39 is 5.97 Å². The van der Waals surface area contributed by atoms with Crippen molar-refractivity contribution in [3.8, 4) is 16.9 Å². The normalized spacial score (nSPS) is 22.3. The smallest absolute Gasteiger partial charge is 0.352 e. The number of fused-ring (bicyclic) bond motifs is 2. The van der Waals surface area contributed by atoms with Gasteiger partial charge >= 0.3 is 5.97 Å². The monoisotopic (exact) mass is 591 g/mol. The van der Waals surface area contributed by atoms with Gasteiger partial charge in [-0.2, -0.15) is 0 Å². The Morgan fingerprint density at radius 3 is 2.34 bits per heavy atom. The molecule has 2 saturated heterocycles. The first-order chi connectivity index (χ1) is 20.0. The van der Waals surface area contributed by atoms with Crippen LogP contribution in [0, 0.1) is 0 Å². The van der Waals surface area contributed by atoms with Crippen LogP contribution in [-0.4, -0.2) is 43.9 Å². The van der Waals surface area contributed by atoms with Gasteiger partial charge in [0.1, 0.15) is 17.1 Å². The first-order valence-electron chi connectivity index (χ1n) is 14.3. The zero-order valence-electron chi connectivity index (χ0n) is 22.5. The second kappa shape index (κ2) is 11.0. The molecule has 2 aliphatic heterocycles. The molecule has 1 N–H and O–H groups in total. The van der Waals surface area contributed by atoms with E-state index in [4.69, 9.17) is 32.5 Å². The Morgan fingerprint density at radius 2 is 1.68 bits per heavy atom. The van der Waals surface area contributed by atoms with Gasteiger partial charge in [-0.25, -0.2) is 4.79 Å². The summed E-state index contributed by atoms with van der Waals surface area (Å²) in [5.74, 6) is 0.485. The zero-order chi connectivity index (χ0) is 28.1. The van der Waals surface area contributed by atoms with Crippen molar-refractivity contribution < 1.29 is 19.2 Å². The topological polar surface area (TPSA) is 80.7 Å². The average molecular weight is 593 g/mol. The van der Waals surface area contributed by atoms with Crippen LogP contribution in [0.25, 0.3) is 16.9 Å². The molecule has 2 aromatic carbocycles. The van der Waals surface area contributed by atoms with Crippen molar-refractivity contribution in [1.82, 2.24) is 14.6 Å². The Balaban J connectivity index is 1.03. The number of nitrogens with zero attached hydrogens (tertiary/aromatic N) is 3. The van der Waals surface area contributed by atoms with E-state index in [1.165, 1.54) is 0 Å². The highest BCUT2D eigenvalue weighted by Crippen LogP contribution is 2.48. The summed E-state index contributed by atoms with van der Waals surface area (Å²) in [5, 5.41) is 15.1. The average Bonchev–Trinajstić information content (AvgIpc) is 3.45. The fraction of sp³-hybridized carbons (Fsp3) is 0.375. The van der Waals surface area contributed by atoms with E-state index in [9.17, 15) is 9.90 Å². The number of piperidine rings is 1. The Hall–Kier alpha value is -3.10. The van der Waals surface area contributed by atoms with Crippen molar-refractivity contribution in [2.75, 3.05) is 0 Å². The molecule has 212 valence electrons. The Bertz CT molecular complexity index is 1540. The largest absolute Gasteiger partial charge is 0.477 e. The maximum atomic E-state index is 11.5. The predicted octanol–water partition coefficient (Wildman–Crippen LogP) is 7.73. The van der Waals surface area contributed by atoms with Crippen molar-refractivity contribution in [2.24, 2.45) is 0 Å². The summed E-state index contributed by atoms with van der Waals surface area (Å²) in [7, 11) is 0. The van der Waals surface area contributed by atoms with Gasteiger partial charge in [0.15, 0.2) is 0 Å². The molecule has 2 unspecified atom stereocenters. The lowest BCUT2D eigenvalue weighted by Gasteiger charge is -2.39. The molecule has 0 spiro atoms. The third-order valence-electron chi connectivity index (χ3n) is 8.82. The van der Waals surface area contributed by atoms with E-state index >= 15 is 0 Å². The number of benzene rings is 2. The SMILES string of the molecule is O=C(O)c1cccn1-c1ccc(COC2CC3CCC(C2)N3Cc2c(-c3c(Cl)cccc3Cl)noc2C2CC2)cc1. The molecule has 4 aromatic rings. The standard InChI is InChI=1S/C32H31Cl2N3O4/c33-26-3-1-4-27(34)29(26)30-25(31(41-35-30)20-8-9-20)17-37-22-12-13-23(37)16-24(15-22)40-18-19-6-10-21(11-7-19)36-14-2-5-28(36)32(38)39/h1-7,10-11,14,20,22-24H,8-9,12-13,15-18H2,(H,38,39). The number of carboxylic acids is 1. The van der Waals surface area contributed by atoms with Crippen molar-refractivity contribution >= 4 is 29.2 Å². The molecular weight excluding hydrogens is 561 g/mol. The summed E-state index contributed by atoms with van der Waals surface area (Å²) < 4.78 is 14.0. The van der Waals surface area contributed by atoms with E-state index in [0.29, 0.717) is 34.7 Å². The lowest BCUT2D eigenvalue weighted by molar-refractivity contribution is -0.0306. The number of carboxylic acid groups (broad SMARTS) is 1. The molecule has 4 heterocycles. The van der Waals surface area contributed by atoms with Crippen LogP contribution >= 0.6 is 23.2 Å². The van der Waals surface area contributed by atoms with Crippen LogP contribution in [0.4, 0.5) is 0 Å². The van der Waals surface area contributed by atoms with Gasteiger partial charge in [-0.05, 0) is 80.5 Å². The molecule has 0 radical (unpaired) electrons. The Morgan fingerprint density at radius 1 is 0.976 bits per heavy atom. The fourth-order valence-corrected chi connectivity index (χ4v) is 7.19. The molecule has 3 aliphatic rings. The summed E-state index contributed by atoms with van der Waals surface area (Å²) in [4.78, 5) is 14.1. The van der Waals surface area contributed by atoms with E-state index in [-0.39, 0.29) is 11.8 Å². The minimum absolute atomic E-state index is 0.203. The van der Waals surface area contributed by atoms with Crippen LogP contribution in [-0.2, 0) is 17.9 Å². The number of aromatic nitrogens is 2. The van der Waals surface area contributed by atoms with E-state index in [0.717, 1.165) is 78.9 Å². The van der Waals surface area contributed by atoms with Crippen LogP contribution in [0.2, 0.25) is 10.0 Å². The minimum Gasteiger partial charge on any atom is -0.477 e. The van der Waals surface area contributed by atoms with Crippen molar-refractivity contribution in [1.29, 1.82) is 0 Å². The van der Waals surface area contributed by atoms with Gasteiger partial charge in [-0.15, -0.1) is 0 Å². The molecule has 7 rings (SSSR count). The molecule has 7 nitrogen and oxygen atoms in total. The summed E-state index contributed by atoms with van der Waals surface area (Å²) >= 11 is 13.2. The summed E-state index contributed by atoms with van der Waals surface area (Å²) in [6.45, 7) is 1.32. The van der Waals surface area contributed by atoms with Crippen molar-refractivity contribution in [3.05, 3.63) is 93.4 Å². The molecular formula is C32H31Cl2N3O4. The zero-order valence-corrected chi connectivity index (χ0v) is 24.0. The number of hydrogen-bond donors (Lipinski definition) is 1. The van der Waals surface area contributed by atoms with Gasteiger partial charge in [0.25, 0.3) is 0 Å². The van der Waals surface area contributed by atoms with Gasteiger partial charge in [-0.3, -0.25) is 4.90 Å². The number of carbonyl (C=O) groups is 1. The molecule has 0 amide bonds. The molecule has 1 saturated carbocycles. The van der Waals surface area contributed by atoms with Crippen molar-refractivity contribution in [3.63, 3.8) is 0 Å². The highest BCUT2D eigenvalue weighted by atomic mass is 35.5. The van der Waals surface area contributed by atoms with Crippen molar-refractivity contribution in [2.45, 2.75) is 75.8 Å². The summed E-state index contributed by atoms with van der Waals surface area (Å²) in [6, 6.07) is 17.7. The second-order valence-electron chi connectivity index (χ2n) is 11.4. The highest BCUT2D eigenvalue weighted by Gasteiger charge is 2.43. The molecule has 9 heteroatoms. The fourth-order valence-electron chi connectivity index (χ4n) is 6.61. The Kier molecular flexibility index (Phi) is 7.15. The van der Waals surface area contributed by atoms with E-state index in [1.807, 2.05) is 42.5 Å². The molecule has 2 atom stereocenters. The van der Waals surface area contributed by atoms with Crippen LogP contribution in [0.1, 0.15) is 71.8 Å². The van der Waals surface area contributed by atoms with Gasteiger partial charge in [0.2, 0.25) is 0 Å². The minimum atomic E-state index is -0.944. The summed E-state index contributed by atoms with van der Waals surface area (Å²) in [6.07, 6.45) is 8.54. The van der Waals surface area contributed by atoms with E-state index in [2.05, 4.69) is 10.1 Å². The number of hydrogen-bond acceptors (Lipinski definition) is 5. The van der Waals surface area contributed by atoms with E-state index in [1.54, 1.807) is 22.9 Å². The Labute approximate surface area is 248 Å². The van der Waals surface area contributed by atoms with Gasteiger partial charge in [0.05, 0.1) is 22.8 Å². The lowest BCUT2D eigenvalue weighted by atomic mass is 9.97. The number of ether oxygens (including phenoxy) is 1. The highest BCUT2D eigenvalue weighted by molar-refractivity contribution is 6.39. The maximum absolute atomic E-state index is 11.5. The third kappa shape index (κ3) is 5.21. The van der Waals surface area contributed by atoms with Gasteiger partial charge < -0.3 is 18.9 Å². The number of rotatable bonds is 9. The quantitative estimate of drug-likeness (QED) is 0.214. The van der Waals surface area contributed by atoms with Gasteiger partial charge in [-0.1, -0.05) is 46.6 Å². The molecule has 3 fully saturated rings. The molecule has 2 bridgehead atoms. The molecule has 1 aliphatic carbocycles. The second-order valence-corrected chi connectivity index (χ2v) is 12.3. The van der Waals surface area contributed by atoms with Crippen LogP contribution in [0.5, 0.6) is 0 Å². The summed E-state index contributed by atoms with van der Waals surface area (Å²) in [5.41, 5.74) is 4.81. The number of aromatic carboxylic acids is 1. The first kappa shape index (κ1) is 26.8. The van der Waals surface area contributed by atoms with Gasteiger partial charge in [0, 0.05) is 47.6 Å². The maximum Gasteiger partial charge on any atom is 0.352 e. The van der Waals surface area contributed by atoms with Crippen LogP contribution in [0.15, 0.2) is 65.3 Å². The third-order valence-corrected chi connectivity index (χ3v) is 9.45. The van der Waals surface area contributed by atoms with Crippen LogP contribution < -0.4 is 0 Å². The predicted molar refractivity (Wildman–Crippen MR) is 157 cm³/mol. The lowest BCUT2D eigenvalue weighted by Crippen LogP contribution is -2.45.